The number of fused-ring (bicyclic) bond motifs is 3. The molecule has 1 aromatic heterocycles. The number of nitrogens with one attached hydrogen (secondary N) is 1. The van der Waals surface area contributed by atoms with E-state index in [4.69, 9.17) is 4.74 Å². The summed E-state index contributed by atoms with van der Waals surface area (Å²) < 4.78 is 7.16. The number of aromatic amines is 1. The Balaban J connectivity index is 1.94. The third kappa shape index (κ3) is 3.19. The first-order valence-corrected chi connectivity index (χ1v) is 10.1. The summed E-state index contributed by atoms with van der Waals surface area (Å²) in [7, 11) is 0. The van der Waals surface area contributed by atoms with Crippen molar-refractivity contribution in [2.75, 3.05) is 6.61 Å². The van der Waals surface area contributed by atoms with Crippen LogP contribution in [0.2, 0.25) is 0 Å². The van der Waals surface area contributed by atoms with Gasteiger partial charge in [-0.2, -0.15) is 0 Å². The maximum absolute atomic E-state index is 11.6. The van der Waals surface area contributed by atoms with Crippen molar-refractivity contribution in [2.45, 2.75) is 38.2 Å². The fourth-order valence-electron chi connectivity index (χ4n) is 4.32. The van der Waals surface area contributed by atoms with Gasteiger partial charge in [-0.05, 0) is 47.7 Å². The van der Waals surface area contributed by atoms with E-state index >= 15 is 0 Å². The van der Waals surface area contributed by atoms with Gasteiger partial charge in [-0.25, -0.2) is 0 Å². The lowest BCUT2D eigenvalue weighted by Gasteiger charge is -2.36. The van der Waals surface area contributed by atoms with E-state index in [0.29, 0.717) is 13.0 Å². The number of hydrogen-bond donors (Lipinski definition) is 2. The first-order valence-electron chi connectivity index (χ1n) is 9.30. The number of carboxylic acids is 1. The summed E-state index contributed by atoms with van der Waals surface area (Å²) in [6.45, 7) is 2.61. The monoisotopic (exact) mass is 427 g/mol. The summed E-state index contributed by atoms with van der Waals surface area (Å²) in [5.41, 5.74) is 4.72. The van der Waals surface area contributed by atoms with Crippen LogP contribution >= 0.6 is 15.9 Å². The largest absolute Gasteiger partial charge is 0.481 e. The van der Waals surface area contributed by atoms with E-state index in [2.05, 4.69) is 52.1 Å². The molecule has 4 rings (SSSR count). The van der Waals surface area contributed by atoms with Gasteiger partial charge in [-0.15, -0.1) is 0 Å². The summed E-state index contributed by atoms with van der Waals surface area (Å²) in [4.78, 5) is 15.1. The van der Waals surface area contributed by atoms with E-state index in [0.717, 1.165) is 34.1 Å². The van der Waals surface area contributed by atoms with E-state index in [9.17, 15) is 9.90 Å². The molecule has 0 radical (unpaired) electrons. The molecule has 1 unspecified atom stereocenters. The van der Waals surface area contributed by atoms with Crippen LogP contribution in [0.25, 0.3) is 22.0 Å². The molecule has 0 spiro atoms. The maximum Gasteiger partial charge on any atom is 0.306 e. The van der Waals surface area contributed by atoms with Crippen LogP contribution in [0, 0.1) is 0 Å². The number of aromatic nitrogens is 1. The molecule has 3 aromatic rings. The molecule has 4 nitrogen and oxygen atoms in total. The van der Waals surface area contributed by atoms with E-state index in [1.807, 2.05) is 18.2 Å². The zero-order valence-corrected chi connectivity index (χ0v) is 16.8. The summed E-state index contributed by atoms with van der Waals surface area (Å²) in [5, 5.41) is 10.7. The van der Waals surface area contributed by atoms with Gasteiger partial charge < -0.3 is 14.8 Å². The topological polar surface area (TPSA) is 62.3 Å². The third-order valence-electron chi connectivity index (χ3n) is 5.36. The molecule has 0 bridgehead atoms. The number of hydrogen-bond acceptors (Lipinski definition) is 2. The average molecular weight is 428 g/mol. The van der Waals surface area contributed by atoms with Crippen LogP contribution in [-0.2, 0) is 21.6 Å². The Morgan fingerprint density at radius 3 is 2.74 bits per heavy atom. The minimum absolute atomic E-state index is 0.0196. The molecule has 1 aliphatic heterocycles. The predicted molar refractivity (Wildman–Crippen MR) is 110 cm³/mol. The van der Waals surface area contributed by atoms with Gasteiger partial charge in [0.1, 0.15) is 5.60 Å². The molecular weight excluding hydrogens is 406 g/mol. The molecular formula is C22H22BrNO3. The van der Waals surface area contributed by atoms with Gasteiger partial charge in [-0.3, -0.25) is 4.79 Å². The SMILES string of the molecule is CCCC1(CC(=O)O)OCCc2c1[nH]c1cccc(-c3ccc(Br)cc3)c21. The van der Waals surface area contributed by atoms with Gasteiger partial charge in [0.15, 0.2) is 0 Å². The number of carbonyl (C=O) groups is 1. The van der Waals surface area contributed by atoms with Crippen molar-refractivity contribution >= 4 is 32.8 Å². The van der Waals surface area contributed by atoms with E-state index in [1.165, 1.54) is 16.5 Å². The molecule has 0 saturated carbocycles. The smallest absolute Gasteiger partial charge is 0.306 e. The van der Waals surface area contributed by atoms with Crippen LogP contribution in [0.15, 0.2) is 46.9 Å². The molecule has 27 heavy (non-hydrogen) atoms. The highest BCUT2D eigenvalue weighted by atomic mass is 79.9. The Bertz CT molecular complexity index is 993. The first kappa shape index (κ1) is 18.3. The van der Waals surface area contributed by atoms with Crippen molar-refractivity contribution in [3.8, 4) is 11.1 Å². The molecule has 2 heterocycles. The standard InChI is InChI=1S/C22H22BrNO3/c1-2-11-22(13-19(25)26)21-17(10-12-27-22)20-16(4-3-5-18(20)24-21)14-6-8-15(23)9-7-14/h3-9,24H,2,10-13H2,1H3,(H,25,26). The molecule has 1 aliphatic rings. The summed E-state index contributed by atoms with van der Waals surface area (Å²) in [6, 6.07) is 14.5. The second-order valence-corrected chi connectivity index (χ2v) is 8.04. The number of halogens is 1. The Kier molecular flexibility index (Phi) is 4.82. The minimum atomic E-state index is -0.830. The average Bonchev–Trinajstić information content (AvgIpc) is 3.03. The molecule has 2 aromatic carbocycles. The lowest BCUT2D eigenvalue weighted by molar-refractivity contribution is -0.149. The second-order valence-electron chi connectivity index (χ2n) is 7.13. The predicted octanol–water partition coefficient (Wildman–Crippen LogP) is 5.64. The van der Waals surface area contributed by atoms with Crippen LogP contribution in [-0.4, -0.2) is 22.7 Å². The molecule has 5 heteroatoms. The minimum Gasteiger partial charge on any atom is -0.481 e. The molecule has 1 atom stereocenters. The van der Waals surface area contributed by atoms with E-state index < -0.39 is 11.6 Å². The van der Waals surface area contributed by atoms with Gasteiger partial charge in [0.25, 0.3) is 0 Å². The lowest BCUT2D eigenvalue weighted by atomic mass is 9.84. The number of aliphatic carboxylic acids is 1. The van der Waals surface area contributed by atoms with Gasteiger partial charge in [0.2, 0.25) is 0 Å². The lowest BCUT2D eigenvalue weighted by Crippen LogP contribution is -2.37. The summed E-state index contributed by atoms with van der Waals surface area (Å²) in [5.74, 6) is -0.830. The summed E-state index contributed by atoms with van der Waals surface area (Å²) >= 11 is 3.50. The number of carboxylic acid groups (broad SMARTS) is 1. The van der Waals surface area contributed by atoms with Gasteiger partial charge in [0.05, 0.1) is 18.7 Å². The Hall–Kier alpha value is -2.11. The van der Waals surface area contributed by atoms with Crippen LogP contribution in [0.5, 0.6) is 0 Å². The molecule has 0 saturated heterocycles. The third-order valence-corrected chi connectivity index (χ3v) is 5.89. The zero-order valence-electron chi connectivity index (χ0n) is 15.2. The number of ether oxygens (including phenoxy) is 1. The number of benzene rings is 2. The van der Waals surface area contributed by atoms with Crippen molar-refractivity contribution in [1.82, 2.24) is 4.98 Å². The maximum atomic E-state index is 11.6. The van der Waals surface area contributed by atoms with Crippen molar-refractivity contribution in [1.29, 1.82) is 0 Å². The van der Waals surface area contributed by atoms with E-state index in [-0.39, 0.29) is 6.42 Å². The number of H-pyrrole nitrogens is 1. The fourth-order valence-corrected chi connectivity index (χ4v) is 4.58. The van der Waals surface area contributed by atoms with Crippen LogP contribution < -0.4 is 0 Å². The highest BCUT2D eigenvalue weighted by Crippen LogP contribution is 2.44. The first-order chi connectivity index (χ1) is 13.0. The summed E-state index contributed by atoms with van der Waals surface area (Å²) in [6.07, 6.45) is 2.32. The van der Waals surface area contributed by atoms with Crippen molar-refractivity contribution in [3.63, 3.8) is 0 Å². The van der Waals surface area contributed by atoms with E-state index in [1.54, 1.807) is 0 Å². The Labute approximate surface area is 166 Å². The second kappa shape index (κ2) is 7.13. The zero-order chi connectivity index (χ0) is 19.0. The molecule has 0 fully saturated rings. The van der Waals surface area contributed by atoms with Crippen molar-refractivity contribution < 1.29 is 14.6 Å². The molecule has 2 N–H and O–H groups in total. The number of rotatable bonds is 5. The van der Waals surface area contributed by atoms with Gasteiger partial charge in [0, 0.05) is 15.4 Å². The Morgan fingerprint density at radius 2 is 2.04 bits per heavy atom. The fraction of sp³-hybridized carbons (Fsp3) is 0.318. The molecule has 0 aliphatic carbocycles. The molecule has 140 valence electrons. The van der Waals surface area contributed by atoms with Gasteiger partial charge in [-0.1, -0.05) is 53.5 Å². The highest BCUT2D eigenvalue weighted by molar-refractivity contribution is 9.10. The van der Waals surface area contributed by atoms with Gasteiger partial charge >= 0.3 is 5.97 Å². The van der Waals surface area contributed by atoms with Crippen LogP contribution in [0.1, 0.15) is 37.4 Å². The van der Waals surface area contributed by atoms with Crippen molar-refractivity contribution in [3.05, 3.63) is 58.2 Å². The quantitative estimate of drug-likeness (QED) is 0.553. The highest BCUT2D eigenvalue weighted by Gasteiger charge is 2.41. The molecule has 0 amide bonds. The Morgan fingerprint density at radius 1 is 1.26 bits per heavy atom. The normalized spacial score (nSPS) is 19.2. The van der Waals surface area contributed by atoms with Crippen molar-refractivity contribution in [2.24, 2.45) is 0 Å². The van der Waals surface area contributed by atoms with Crippen LogP contribution in [0.3, 0.4) is 0 Å². The van der Waals surface area contributed by atoms with Crippen LogP contribution in [0.4, 0.5) is 0 Å².